The van der Waals surface area contributed by atoms with Gasteiger partial charge in [-0.2, -0.15) is 0 Å². The number of phenols is 1. The average Bonchev–Trinajstić information content (AvgIpc) is 2.49. The van der Waals surface area contributed by atoms with E-state index in [9.17, 15) is 5.11 Å². The zero-order chi connectivity index (χ0) is 15.4. The van der Waals surface area contributed by atoms with E-state index in [0.717, 1.165) is 0 Å². The Kier molecular flexibility index (Phi) is 4.85. The lowest BCUT2D eigenvalue weighted by Crippen LogP contribution is -2.19. The molecule has 0 unspecified atom stereocenters. The number of nitrogens with zero attached hydrogens (tertiary/aromatic N) is 1. The highest BCUT2D eigenvalue weighted by atomic mass is 35.5. The molecule has 0 aliphatic carbocycles. The van der Waals surface area contributed by atoms with Gasteiger partial charge in [0, 0.05) is 17.1 Å². The number of benzene rings is 1. The summed E-state index contributed by atoms with van der Waals surface area (Å²) >= 11 is 11.7. The minimum Gasteiger partial charge on any atom is -0.506 e. The molecular weight excluding hydrogens is 315 g/mol. The van der Waals surface area contributed by atoms with Gasteiger partial charge in [0.15, 0.2) is 5.84 Å². The number of rotatable bonds is 4. The van der Waals surface area contributed by atoms with Gasteiger partial charge in [0.2, 0.25) is 0 Å². The molecule has 0 saturated heterocycles. The molecule has 0 amide bonds. The fourth-order valence-corrected chi connectivity index (χ4v) is 2.19. The molecule has 0 spiro atoms. The van der Waals surface area contributed by atoms with Crippen molar-refractivity contribution >= 4 is 34.7 Å². The summed E-state index contributed by atoms with van der Waals surface area (Å²) in [5, 5.41) is 29.5. The number of phenolic OH excluding ortho intramolecular Hbond substituents is 1. The Balaban J connectivity index is 2.08. The van der Waals surface area contributed by atoms with Gasteiger partial charge in [-0.05, 0) is 24.3 Å². The highest BCUT2D eigenvalue weighted by Crippen LogP contribution is 2.31. The molecule has 0 aliphatic heterocycles. The second-order valence-corrected chi connectivity index (χ2v) is 5.01. The number of anilines is 1. The summed E-state index contributed by atoms with van der Waals surface area (Å²) in [5.74, 6) is -0.217. The quantitative estimate of drug-likeness (QED) is 0.338. The van der Waals surface area contributed by atoms with Crippen LogP contribution in [-0.4, -0.2) is 21.1 Å². The summed E-state index contributed by atoms with van der Waals surface area (Å²) in [4.78, 5) is 4.00. The predicted molar refractivity (Wildman–Crippen MR) is 81.4 cm³/mol. The lowest BCUT2D eigenvalue weighted by atomic mass is 10.2. The van der Waals surface area contributed by atoms with Gasteiger partial charge in [0.25, 0.3) is 0 Å². The molecule has 21 heavy (non-hydrogen) atoms. The lowest BCUT2D eigenvalue weighted by molar-refractivity contribution is 0.234. The van der Waals surface area contributed by atoms with Crippen LogP contribution in [-0.2, 0) is 6.54 Å². The van der Waals surface area contributed by atoms with Crippen molar-refractivity contribution in [3.63, 3.8) is 0 Å². The van der Waals surface area contributed by atoms with Crippen LogP contribution in [0.4, 0.5) is 5.69 Å². The molecule has 110 valence electrons. The van der Waals surface area contributed by atoms with Crippen molar-refractivity contribution in [1.82, 2.24) is 10.5 Å². The van der Waals surface area contributed by atoms with Gasteiger partial charge in [-0.15, -0.1) is 0 Å². The molecule has 0 atom stereocenters. The van der Waals surface area contributed by atoms with E-state index in [1.165, 1.54) is 12.3 Å². The smallest absolute Gasteiger partial charge is 0.168 e. The minimum absolute atomic E-state index is 0.0237. The Labute approximate surface area is 130 Å². The molecule has 0 saturated carbocycles. The summed E-state index contributed by atoms with van der Waals surface area (Å²) in [6, 6.07) is 6.34. The van der Waals surface area contributed by atoms with Crippen molar-refractivity contribution in [2.45, 2.75) is 6.54 Å². The molecule has 5 N–H and O–H groups in total. The maximum absolute atomic E-state index is 9.84. The standard InChI is InChI=1S/C13H12Cl2N4O2/c14-8-3-7(12(20)10(15)4-8)5-17-9-1-2-11(18-6-9)13(16)19-21/h1-4,6,17,20-21H,5H2,(H2,16,19). The van der Waals surface area contributed by atoms with Gasteiger partial charge >= 0.3 is 0 Å². The number of nitrogens with one attached hydrogen (secondary N) is 3. The second kappa shape index (κ2) is 6.62. The monoisotopic (exact) mass is 326 g/mol. The summed E-state index contributed by atoms with van der Waals surface area (Å²) in [7, 11) is 0. The van der Waals surface area contributed by atoms with Crippen LogP contribution in [0.15, 0.2) is 30.5 Å². The highest BCUT2D eigenvalue weighted by Gasteiger charge is 2.08. The third-order valence-corrected chi connectivity index (χ3v) is 3.23. The van der Waals surface area contributed by atoms with Gasteiger partial charge < -0.3 is 10.4 Å². The summed E-state index contributed by atoms with van der Waals surface area (Å²) in [6.07, 6.45) is 1.50. The zero-order valence-electron chi connectivity index (χ0n) is 10.7. The summed E-state index contributed by atoms with van der Waals surface area (Å²) in [6.45, 7) is 0.308. The van der Waals surface area contributed by atoms with Gasteiger partial charge in [-0.1, -0.05) is 23.2 Å². The normalized spacial score (nSPS) is 10.2. The average molecular weight is 327 g/mol. The number of hydrogen-bond donors (Lipinski definition) is 5. The number of pyridine rings is 1. The van der Waals surface area contributed by atoms with Gasteiger partial charge in [0.05, 0.1) is 16.9 Å². The van der Waals surface area contributed by atoms with Crippen LogP contribution >= 0.6 is 23.2 Å². The van der Waals surface area contributed by atoms with Crippen LogP contribution in [0.2, 0.25) is 10.0 Å². The van der Waals surface area contributed by atoms with E-state index in [1.807, 2.05) is 0 Å². The molecule has 0 aliphatic rings. The molecule has 0 bridgehead atoms. The van der Waals surface area contributed by atoms with Crippen molar-refractivity contribution in [2.24, 2.45) is 0 Å². The molecule has 1 aromatic carbocycles. The fourth-order valence-electron chi connectivity index (χ4n) is 1.65. The van der Waals surface area contributed by atoms with Crippen LogP contribution in [0.25, 0.3) is 0 Å². The number of hydrogen-bond acceptors (Lipinski definition) is 5. The zero-order valence-corrected chi connectivity index (χ0v) is 12.2. The Bertz CT molecular complexity index is 662. The topological polar surface area (TPSA) is 101 Å². The van der Waals surface area contributed by atoms with Crippen LogP contribution in [0.3, 0.4) is 0 Å². The summed E-state index contributed by atoms with van der Waals surface area (Å²) < 4.78 is 0. The SMILES string of the molecule is N=C(NO)c1ccc(NCc2cc(Cl)cc(Cl)c2O)cn1. The molecule has 6 nitrogen and oxygen atoms in total. The third kappa shape index (κ3) is 3.75. The molecule has 0 fully saturated rings. The Morgan fingerprint density at radius 2 is 2.05 bits per heavy atom. The first-order valence-corrected chi connectivity index (χ1v) is 6.62. The first-order valence-electron chi connectivity index (χ1n) is 5.87. The van der Waals surface area contributed by atoms with E-state index in [4.69, 9.17) is 33.8 Å². The van der Waals surface area contributed by atoms with Gasteiger partial charge in [0.1, 0.15) is 11.4 Å². The van der Waals surface area contributed by atoms with Crippen LogP contribution in [0.1, 0.15) is 11.3 Å². The molecule has 2 aromatic rings. The second-order valence-electron chi connectivity index (χ2n) is 4.17. The van der Waals surface area contributed by atoms with Crippen molar-refractivity contribution in [3.05, 3.63) is 51.8 Å². The highest BCUT2D eigenvalue weighted by molar-refractivity contribution is 6.35. The van der Waals surface area contributed by atoms with Gasteiger partial charge in [-0.25, -0.2) is 0 Å². The maximum Gasteiger partial charge on any atom is 0.168 e. The molecule has 1 heterocycles. The number of hydroxylamine groups is 1. The number of amidine groups is 1. The third-order valence-electron chi connectivity index (χ3n) is 2.72. The van der Waals surface area contributed by atoms with Crippen molar-refractivity contribution in [1.29, 1.82) is 5.41 Å². The Morgan fingerprint density at radius 3 is 2.67 bits per heavy atom. The fraction of sp³-hybridized carbons (Fsp3) is 0.0769. The molecule has 2 rings (SSSR count). The van der Waals surface area contributed by atoms with E-state index < -0.39 is 0 Å². The largest absolute Gasteiger partial charge is 0.506 e. The minimum atomic E-state index is -0.194. The van der Waals surface area contributed by atoms with Crippen LogP contribution in [0.5, 0.6) is 5.75 Å². The van der Waals surface area contributed by atoms with E-state index in [1.54, 1.807) is 23.7 Å². The lowest BCUT2D eigenvalue weighted by Gasteiger charge is -2.10. The van der Waals surface area contributed by atoms with E-state index >= 15 is 0 Å². The van der Waals surface area contributed by atoms with Gasteiger partial charge in [-0.3, -0.25) is 21.1 Å². The maximum atomic E-state index is 9.84. The first kappa shape index (κ1) is 15.4. The van der Waals surface area contributed by atoms with Crippen molar-refractivity contribution in [3.8, 4) is 5.75 Å². The predicted octanol–water partition coefficient (Wildman–Crippen LogP) is 3.01. The van der Waals surface area contributed by atoms with E-state index in [0.29, 0.717) is 28.5 Å². The van der Waals surface area contributed by atoms with Crippen LogP contribution in [0, 0.1) is 5.41 Å². The number of aromatic hydroxyl groups is 1. The molecule has 1 aromatic heterocycles. The Hall–Kier alpha value is -2.02. The van der Waals surface area contributed by atoms with Crippen molar-refractivity contribution < 1.29 is 10.3 Å². The molecule has 0 radical (unpaired) electrons. The molecular formula is C13H12Cl2N4O2. The number of halogens is 2. The van der Waals surface area contributed by atoms with Crippen LogP contribution < -0.4 is 10.8 Å². The number of aromatic nitrogens is 1. The first-order chi connectivity index (χ1) is 10.0. The van der Waals surface area contributed by atoms with E-state index in [-0.39, 0.29) is 16.6 Å². The molecule has 8 heteroatoms. The van der Waals surface area contributed by atoms with Crippen molar-refractivity contribution in [2.75, 3.05) is 5.32 Å². The van der Waals surface area contributed by atoms with E-state index in [2.05, 4.69) is 10.3 Å². The Morgan fingerprint density at radius 1 is 1.29 bits per heavy atom. The summed E-state index contributed by atoms with van der Waals surface area (Å²) in [5.41, 5.74) is 3.26.